The largest absolute Gasteiger partial charge is 0.299 e. The van der Waals surface area contributed by atoms with Crippen LogP contribution in [0.5, 0.6) is 0 Å². The topological polar surface area (TPSA) is 17.1 Å². The zero-order valence-corrected chi connectivity index (χ0v) is 12.3. The third-order valence-corrected chi connectivity index (χ3v) is 5.51. The van der Waals surface area contributed by atoms with E-state index < -0.39 is 0 Å². The van der Waals surface area contributed by atoms with Gasteiger partial charge < -0.3 is 0 Å². The van der Waals surface area contributed by atoms with E-state index in [1.165, 1.54) is 11.1 Å². The van der Waals surface area contributed by atoms with Crippen LogP contribution in [0.2, 0.25) is 0 Å². The molecule has 0 bridgehead atoms. The fourth-order valence-electron chi connectivity index (χ4n) is 4.29. The lowest BCUT2D eigenvalue weighted by molar-refractivity contribution is -0.160. The van der Waals surface area contributed by atoms with Crippen LogP contribution in [0.25, 0.3) is 0 Å². The number of hydrogen-bond acceptors (Lipinski definition) is 1. The number of rotatable bonds is 1. The Morgan fingerprint density at radius 1 is 1.39 bits per heavy atom. The summed E-state index contributed by atoms with van der Waals surface area (Å²) in [6.45, 7) is 12.8. The number of ketones is 1. The highest BCUT2D eigenvalue weighted by molar-refractivity contribution is 5.85. The van der Waals surface area contributed by atoms with E-state index in [4.69, 9.17) is 0 Å². The summed E-state index contributed by atoms with van der Waals surface area (Å²) in [6, 6.07) is 0. The lowest BCUT2D eigenvalue weighted by Gasteiger charge is -2.62. The summed E-state index contributed by atoms with van der Waals surface area (Å²) < 4.78 is 0. The summed E-state index contributed by atoms with van der Waals surface area (Å²) >= 11 is 0. The second-order valence-corrected chi connectivity index (χ2v) is 6.92. The van der Waals surface area contributed by atoms with Gasteiger partial charge in [-0.1, -0.05) is 37.6 Å². The van der Waals surface area contributed by atoms with Crippen molar-refractivity contribution in [1.82, 2.24) is 0 Å². The molecule has 0 aromatic carbocycles. The maximum atomic E-state index is 12.4. The highest BCUT2D eigenvalue weighted by Gasteiger charge is 2.62. The van der Waals surface area contributed by atoms with Gasteiger partial charge in [0.1, 0.15) is 5.78 Å². The standard InChI is InChI=1S/C17H26O/c1-12-7-6-8-13(2)15-11-16(4,5)17(15,10-9-12)14(3)18/h7,15H,2,6,8-11H2,1,3-5H3/b12-7+/t15-,17-/m1/s1. The van der Waals surface area contributed by atoms with Gasteiger partial charge in [-0.2, -0.15) is 0 Å². The molecule has 1 fully saturated rings. The fraction of sp³-hybridized carbons (Fsp3) is 0.706. The molecule has 100 valence electrons. The predicted molar refractivity (Wildman–Crippen MR) is 76.4 cm³/mol. The molecule has 0 N–H and O–H groups in total. The summed E-state index contributed by atoms with van der Waals surface area (Å²) in [5, 5.41) is 0. The highest BCUT2D eigenvalue weighted by atomic mass is 16.1. The molecule has 2 aliphatic carbocycles. The van der Waals surface area contributed by atoms with Crippen LogP contribution in [-0.2, 0) is 4.79 Å². The summed E-state index contributed by atoms with van der Waals surface area (Å²) in [4.78, 5) is 12.4. The van der Waals surface area contributed by atoms with Crippen molar-refractivity contribution in [3.05, 3.63) is 23.8 Å². The first-order valence-corrected chi connectivity index (χ1v) is 7.15. The van der Waals surface area contributed by atoms with Gasteiger partial charge in [0.2, 0.25) is 0 Å². The molecule has 0 heterocycles. The molecule has 0 saturated heterocycles. The van der Waals surface area contributed by atoms with E-state index in [9.17, 15) is 4.79 Å². The smallest absolute Gasteiger partial charge is 0.137 e. The van der Waals surface area contributed by atoms with E-state index >= 15 is 0 Å². The van der Waals surface area contributed by atoms with Crippen LogP contribution in [0.15, 0.2) is 23.8 Å². The maximum Gasteiger partial charge on any atom is 0.137 e. The second kappa shape index (κ2) is 4.36. The van der Waals surface area contributed by atoms with Gasteiger partial charge in [-0.3, -0.25) is 4.79 Å². The summed E-state index contributed by atoms with van der Waals surface area (Å²) in [7, 11) is 0. The Balaban J connectivity index is 2.40. The van der Waals surface area contributed by atoms with Crippen molar-refractivity contribution in [1.29, 1.82) is 0 Å². The van der Waals surface area contributed by atoms with Gasteiger partial charge in [-0.15, -0.1) is 0 Å². The SMILES string of the molecule is C=C1CC/C=C(\C)CC[C@@]2(C(C)=O)[C@@H]1CC2(C)C. The summed E-state index contributed by atoms with van der Waals surface area (Å²) in [5.41, 5.74) is 2.72. The monoisotopic (exact) mass is 246 g/mol. The average Bonchev–Trinajstić information content (AvgIpc) is 2.29. The molecule has 0 aliphatic heterocycles. The Kier molecular flexibility index (Phi) is 3.29. The van der Waals surface area contributed by atoms with Crippen LogP contribution in [-0.4, -0.2) is 5.78 Å². The Hall–Kier alpha value is -0.850. The Morgan fingerprint density at radius 2 is 2.06 bits per heavy atom. The van der Waals surface area contributed by atoms with Gasteiger partial charge in [0, 0.05) is 5.41 Å². The minimum absolute atomic E-state index is 0.136. The van der Waals surface area contributed by atoms with Crippen molar-refractivity contribution < 1.29 is 4.79 Å². The first-order valence-electron chi connectivity index (χ1n) is 7.15. The molecule has 1 nitrogen and oxygen atoms in total. The molecule has 0 aromatic heterocycles. The van der Waals surface area contributed by atoms with Crippen LogP contribution in [0, 0.1) is 16.7 Å². The minimum atomic E-state index is -0.149. The quantitative estimate of drug-likeness (QED) is 0.614. The molecule has 0 amide bonds. The molecular weight excluding hydrogens is 220 g/mol. The number of Topliss-reactive ketones (excluding diaryl/α,β-unsaturated/α-hetero) is 1. The Morgan fingerprint density at radius 3 is 2.61 bits per heavy atom. The summed E-state index contributed by atoms with van der Waals surface area (Å²) in [6.07, 6.45) is 7.66. The van der Waals surface area contributed by atoms with Crippen LogP contribution in [0.3, 0.4) is 0 Å². The highest BCUT2D eigenvalue weighted by Crippen LogP contribution is 2.66. The molecular formula is C17H26O. The average molecular weight is 246 g/mol. The number of carbonyl (C=O) groups is 1. The normalized spacial score (nSPS) is 38.3. The first kappa shape index (κ1) is 13.6. The zero-order chi connectivity index (χ0) is 13.6. The fourth-order valence-corrected chi connectivity index (χ4v) is 4.29. The number of hydrogen-bond donors (Lipinski definition) is 0. The second-order valence-electron chi connectivity index (χ2n) is 6.92. The predicted octanol–water partition coefficient (Wildman–Crippen LogP) is 4.68. The molecule has 0 aromatic rings. The van der Waals surface area contributed by atoms with E-state index in [2.05, 4.69) is 33.4 Å². The van der Waals surface area contributed by atoms with Crippen LogP contribution < -0.4 is 0 Å². The number of allylic oxidation sites excluding steroid dienone is 3. The zero-order valence-electron chi connectivity index (χ0n) is 12.3. The van der Waals surface area contributed by atoms with Crippen LogP contribution in [0.4, 0.5) is 0 Å². The number of fused-ring (bicyclic) bond motifs is 1. The lowest BCUT2D eigenvalue weighted by Crippen LogP contribution is -2.59. The van der Waals surface area contributed by atoms with Crippen molar-refractivity contribution in [2.75, 3.05) is 0 Å². The molecule has 1 heteroatoms. The van der Waals surface area contributed by atoms with Gasteiger partial charge in [-0.25, -0.2) is 0 Å². The van der Waals surface area contributed by atoms with Gasteiger partial charge in [0.05, 0.1) is 0 Å². The van der Waals surface area contributed by atoms with Gasteiger partial charge >= 0.3 is 0 Å². The Labute approximate surface area is 111 Å². The summed E-state index contributed by atoms with van der Waals surface area (Å²) in [5.74, 6) is 0.795. The first-order chi connectivity index (χ1) is 8.31. The molecule has 0 spiro atoms. The molecule has 0 radical (unpaired) electrons. The number of carbonyl (C=O) groups excluding carboxylic acids is 1. The molecule has 2 atom stereocenters. The van der Waals surface area contributed by atoms with Crippen LogP contribution >= 0.6 is 0 Å². The van der Waals surface area contributed by atoms with Crippen molar-refractivity contribution in [3.8, 4) is 0 Å². The molecule has 2 aliphatic rings. The van der Waals surface area contributed by atoms with E-state index in [0.717, 1.165) is 32.1 Å². The van der Waals surface area contributed by atoms with Crippen molar-refractivity contribution in [2.45, 2.75) is 59.8 Å². The van der Waals surface area contributed by atoms with E-state index in [1.54, 1.807) is 6.92 Å². The molecule has 0 unspecified atom stereocenters. The lowest BCUT2D eigenvalue weighted by atomic mass is 9.41. The molecule has 1 saturated carbocycles. The van der Waals surface area contributed by atoms with E-state index in [0.29, 0.717) is 11.7 Å². The molecule has 18 heavy (non-hydrogen) atoms. The Bertz CT molecular complexity index is 413. The minimum Gasteiger partial charge on any atom is -0.299 e. The van der Waals surface area contributed by atoms with Crippen molar-refractivity contribution in [3.63, 3.8) is 0 Å². The van der Waals surface area contributed by atoms with Gasteiger partial charge in [-0.05, 0) is 57.3 Å². The molecule has 2 rings (SSSR count). The third-order valence-electron chi connectivity index (χ3n) is 5.51. The van der Waals surface area contributed by atoms with Gasteiger partial charge in [0.15, 0.2) is 0 Å². The van der Waals surface area contributed by atoms with Crippen LogP contribution in [0.1, 0.15) is 59.8 Å². The third kappa shape index (κ3) is 1.79. The van der Waals surface area contributed by atoms with E-state index in [-0.39, 0.29) is 10.8 Å². The van der Waals surface area contributed by atoms with Crippen molar-refractivity contribution >= 4 is 5.78 Å². The van der Waals surface area contributed by atoms with Crippen molar-refractivity contribution in [2.24, 2.45) is 16.7 Å². The van der Waals surface area contributed by atoms with Gasteiger partial charge in [0.25, 0.3) is 0 Å². The maximum absolute atomic E-state index is 12.4. The van der Waals surface area contributed by atoms with E-state index in [1.807, 2.05) is 0 Å².